The molecule has 8 nitrogen and oxygen atoms in total. The van der Waals surface area contributed by atoms with Crippen LogP contribution < -0.4 is 15.5 Å². The molecule has 3 aromatic heterocycles. The maximum Gasteiger partial charge on any atom is 0.250 e. The number of nitrogens with zero attached hydrogens (tertiary/aromatic N) is 4. The Labute approximate surface area is 227 Å². The molecule has 38 heavy (non-hydrogen) atoms. The number of benzene rings is 1. The minimum Gasteiger partial charge on any atom is -0.375 e. The summed E-state index contributed by atoms with van der Waals surface area (Å²) >= 11 is 5.89. The predicted molar refractivity (Wildman–Crippen MR) is 153 cm³/mol. The molecule has 0 radical (unpaired) electrons. The molecule has 1 saturated heterocycles. The van der Waals surface area contributed by atoms with Crippen molar-refractivity contribution < 1.29 is 9.53 Å². The van der Waals surface area contributed by atoms with Crippen LogP contribution in [0.25, 0.3) is 5.82 Å². The molecule has 5 rings (SSSR count). The average Bonchev–Trinajstić information content (AvgIpc) is 3.40. The second kappa shape index (κ2) is 10.7. The van der Waals surface area contributed by atoms with Crippen molar-refractivity contribution in [1.82, 2.24) is 19.9 Å². The lowest BCUT2D eigenvalue weighted by Crippen LogP contribution is -2.29. The van der Waals surface area contributed by atoms with E-state index in [1.165, 1.54) is 7.11 Å². The molecule has 0 bridgehead atoms. The number of pyridine rings is 2. The first-order chi connectivity index (χ1) is 18.4. The van der Waals surface area contributed by atoms with E-state index in [0.29, 0.717) is 10.8 Å². The Morgan fingerprint density at radius 3 is 2.53 bits per heavy atom. The topological polar surface area (TPSA) is 84.3 Å². The number of methoxy groups -OCH3 is 1. The van der Waals surface area contributed by atoms with Crippen LogP contribution in [0.3, 0.4) is 0 Å². The number of nitrogens with one attached hydrogen (secondary N) is 2. The average molecular weight is 527 g/mol. The monoisotopic (exact) mass is 526 g/mol. The lowest BCUT2D eigenvalue weighted by Gasteiger charge is -2.28. The molecular formula is C29H30N6O2S. The van der Waals surface area contributed by atoms with E-state index in [0.717, 1.165) is 39.7 Å². The number of thiocarbonyl (C=S) groups is 1. The second-order valence-corrected chi connectivity index (χ2v) is 9.76. The minimum absolute atomic E-state index is 0.00112. The molecule has 1 aliphatic heterocycles. The van der Waals surface area contributed by atoms with E-state index in [1.54, 1.807) is 6.20 Å². The van der Waals surface area contributed by atoms with Crippen LogP contribution in [-0.2, 0) is 9.53 Å². The Bertz CT molecular complexity index is 1470. The summed E-state index contributed by atoms with van der Waals surface area (Å²) in [6, 6.07) is 19.6. The van der Waals surface area contributed by atoms with Crippen LogP contribution in [0.2, 0.25) is 0 Å². The Morgan fingerprint density at radius 2 is 1.84 bits per heavy atom. The number of amides is 1. The van der Waals surface area contributed by atoms with Gasteiger partial charge in [0.1, 0.15) is 12.4 Å². The van der Waals surface area contributed by atoms with E-state index in [4.69, 9.17) is 17.0 Å². The van der Waals surface area contributed by atoms with Gasteiger partial charge in [0.05, 0.1) is 17.8 Å². The third-order valence-electron chi connectivity index (χ3n) is 6.72. The highest BCUT2D eigenvalue weighted by Gasteiger charge is 2.42. The van der Waals surface area contributed by atoms with E-state index in [1.807, 2.05) is 54.7 Å². The molecule has 2 atom stereocenters. The van der Waals surface area contributed by atoms with Gasteiger partial charge in [0, 0.05) is 42.3 Å². The van der Waals surface area contributed by atoms with Gasteiger partial charge in [0.2, 0.25) is 5.91 Å². The van der Waals surface area contributed by atoms with Gasteiger partial charge < -0.3 is 24.8 Å². The summed E-state index contributed by atoms with van der Waals surface area (Å²) in [7, 11) is 1.49. The zero-order valence-electron chi connectivity index (χ0n) is 21.8. The molecule has 4 heterocycles. The van der Waals surface area contributed by atoms with Gasteiger partial charge in [-0.2, -0.15) is 0 Å². The molecule has 0 saturated carbocycles. The first-order valence-electron chi connectivity index (χ1n) is 12.4. The van der Waals surface area contributed by atoms with Gasteiger partial charge in [-0.1, -0.05) is 6.07 Å². The number of anilines is 2. The Kier molecular flexibility index (Phi) is 7.22. The molecule has 1 amide bonds. The summed E-state index contributed by atoms with van der Waals surface area (Å²) in [6.07, 6.45) is 3.64. The molecule has 9 heteroatoms. The van der Waals surface area contributed by atoms with E-state index in [9.17, 15) is 4.79 Å². The Balaban J connectivity index is 1.58. The number of hydrogen-bond acceptors (Lipinski definition) is 5. The van der Waals surface area contributed by atoms with Crippen LogP contribution in [-0.4, -0.2) is 39.3 Å². The fraction of sp³-hybridized carbons (Fsp3) is 0.241. The SMILES string of the molecule is COCC(=O)Nc1ccc(N2C(=S)N[C@@H](c3ccccn3)[C@H]2c2cc(C)n(-c3cc(C)ccn3)c2C)cc1. The van der Waals surface area contributed by atoms with Crippen molar-refractivity contribution in [2.75, 3.05) is 23.9 Å². The molecule has 1 aromatic carbocycles. The quantitative estimate of drug-likeness (QED) is 0.330. The number of rotatable bonds is 7. The van der Waals surface area contributed by atoms with Crippen molar-refractivity contribution in [3.8, 4) is 5.82 Å². The number of hydrogen-bond donors (Lipinski definition) is 2. The molecule has 0 unspecified atom stereocenters. The van der Waals surface area contributed by atoms with Crippen molar-refractivity contribution >= 4 is 34.6 Å². The summed E-state index contributed by atoms with van der Waals surface area (Å²) < 4.78 is 7.10. The summed E-state index contributed by atoms with van der Waals surface area (Å²) in [5, 5.41) is 6.97. The van der Waals surface area contributed by atoms with Gasteiger partial charge in [0.25, 0.3) is 0 Å². The zero-order valence-corrected chi connectivity index (χ0v) is 22.6. The molecular weight excluding hydrogens is 496 g/mol. The molecule has 4 aromatic rings. The highest BCUT2D eigenvalue weighted by Crippen LogP contribution is 2.43. The minimum atomic E-state index is -0.205. The van der Waals surface area contributed by atoms with Crippen LogP contribution in [0.5, 0.6) is 0 Å². The zero-order chi connectivity index (χ0) is 26.8. The van der Waals surface area contributed by atoms with Crippen LogP contribution in [0, 0.1) is 20.8 Å². The van der Waals surface area contributed by atoms with Crippen LogP contribution in [0.1, 0.15) is 40.3 Å². The Morgan fingerprint density at radius 1 is 1.05 bits per heavy atom. The third kappa shape index (κ3) is 4.90. The van der Waals surface area contributed by atoms with Gasteiger partial charge in [-0.25, -0.2) is 4.98 Å². The smallest absolute Gasteiger partial charge is 0.250 e. The number of ether oxygens (including phenoxy) is 1. The molecule has 0 spiro atoms. The van der Waals surface area contributed by atoms with Crippen molar-refractivity contribution in [2.24, 2.45) is 0 Å². The normalized spacial score (nSPS) is 16.9. The molecule has 1 aliphatic rings. The largest absolute Gasteiger partial charge is 0.375 e. The lowest BCUT2D eigenvalue weighted by atomic mass is 9.96. The van der Waals surface area contributed by atoms with E-state index in [2.05, 4.69) is 63.0 Å². The predicted octanol–water partition coefficient (Wildman–Crippen LogP) is 4.95. The van der Waals surface area contributed by atoms with Crippen molar-refractivity contribution in [3.05, 3.63) is 101 Å². The second-order valence-electron chi connectivity index (χ2n) is 9.38. The van der Waals surface area contributed by atoms with Crippen LogP contribution >= 0.6 is 12.2 Å². The maximum absolute atomic E-state index is 12.0. The fourth-order valence-corrected chi connectivity index (χ4v) is 5.41. The molecule has 1 fully saturated rings. The summed E-state index contributed by atoms with van der Waals surface area (Å²) in [6.45, 7) is 6.29. The van der Waals surface area contributed by atoms with Crippen LogP contribution in [0.4, 0.5) is 11.4 Å². The van der Waals surface area contributed by atoms with Crippen molar-refractivity contribution in [1.29, 1.82) is 0 Å². The number of aryl methyl sites for hydroxylation is 2. The Hall–Kier alpha value is -4.08. The molecule has 2 N–H and O–H groups in total. The number of carbonyl (C=O) groups is 1. The fourth-order valence-electron chi connectivity index (χ4n) is 5.06. The number of aromatic nitrogens is 3. The van der Waals surface area contributed by atoms with E-state index in [-0.39, 0.29) is 24.6 Å². The highest BCUT2D eigenvalue weighted by molar-refractivity contribution is 7.80. The summed E-state index contributed by atoms with van der Waals surface area (Å²) in [5.41, 5.74) is 6.97. The highest BCUT2D eigenvalue weighted by atomic mass is 32.1. The summed E-state index contributed by atoms with van der Waals surface area (Å²) in [5.74, 6) is 0.681. The van der Waals surface area contributed by atoms with Gasteiger partial charge in [-0.3, -0.25) is 9.78 Å². The third-order valence-corrected chi connectivity index (χ3v) is 7.04. The first kappa shape index (κ1) is 25.6. The van der Waals surface area contributed by atoms with Crippen molar-refractivity contribution in [2.45, 2.75) is 32.9 Å². The maximum atomic E-state index is 12.0. The lowest BCUT2D eigenvalue weighted by molar-refractivity contribution is -0.119. The number of carbonyl (C=O) groups excluding carboxylic acids is 1. The van der Waals surface area contributed by atoms with Crippen LogP contribution in [0.15, 0.2) is 73.1 Å². The van der Waals surface area contributed by atoms with Gasteiger partial charge in [0.15, 0.2) is 5.11 Å². The van der Waals surface area contributed by atoms with E-state index >= 15 is 0 Å². The van der Waals surface area contributed by atoms with Gasteiger partial charge in [-0.05, 0) is 98.7 Å². The summed E-state index contributed by atoms with van der Waals surface area (Å²) in [4.78, 5) is 23.4. The van der Waals surface area contributed by atoms with E-state index < -0.39 is 0 Å². The first-order valence-corrected chi connectivity index (χ1v) is 12.8. The molecule has 194 valence electrons. The van der Waals surface area contributed by atoms with Gasteiger partial charge in [-0.15, -0.1) is 0 Å². The van der Waals surface area contributed by atoms with Gasteiger partial charge >= 0.3 is 0 Å². The molecule has 0 aliphatic carbocycles. The van der Waals surface area contributed by atoms with Crippen molar-refractivity contribution in [3.63, 3.8) is 0 Å². The standard InChI is InChI=1S/C29H30N6O2S/c1-18-12-14-31-25(15-18)34-19(2)16-23(20(34)3)28-27(24-7-5-6-13-30-24)33-29(38)35(28)22-10-8-21(9-11-22)32-26(36)17-37-4/h5-16,27-28H,17H2,1-4H3,(H,32,36)(H,33,38)/t27-,28+/m0/s1.